The number of imidazole rings is 1. The molecule has 22 heavy (non-hydrogen) atoms. The van der Waals surface area contributed by atoms with Crippen molar-refractivity contribution in [3.8, 4) is 11.5 Å². The van der Waals surface area contributed by atoms with Crippen molar-refractivity contribution in [3.63, 3.8) is 0 Å². The van der Waals surface area contributed by atoms with Gasteiger partial charge < -0.3 is 4.98 Å². The van der Waals surface area contributed by atoms with Gasteiger partial charge in [0.05, 0.1) is 12.7 Å². The largest absolute Gasteiger partial charge is 0.334 e. The number of H-pyrrole nitrogens is 1. The van der Waals surface area contributed by atoms with Crippen molar-refractivity contribution < 1.29 is 0 Å². The van der Waals surface area contributed by atoms with Crippen LogP contribution in [0.15, 0.2) is 54.9 Å². The summed E-state index contributed by atoms with van der Waals surface area (Å²) in [4.78, 5) is 12.2. The van der Waals surface area contributed by atoms with Crippen LogP contribution in [0.4, 0.5) is 0 Å². The lowest BCUT2D eigenvalue weighted by molar-refractivity contribution is 0.705. The van der Waals surface area contributed by atoms with Crippen LogP contribution in [0.5, 0.6) is 0 Å². The molecule has 0 saturated carbocycles. The number of aromatic nitrogens is 5. The lowest BCUT2D eigenvalue weighted by Gasteiger charge is -2.04. The van der Waals surface area contributed by atoms with Crippen LogP contribution in [-0.4, -0.2) is 24.7 Å². The number of nitrogens with zero attached hydrogens (tertiary/aromatic N) is 4. The summed E-state index contributed by atoms with van der Waals surface area (Å²) in [7, 11) is 0. The number of pyridine rings is 1. The van der Waals surface area contributed by atoms with E-state index >= 15 is 0 Å². The first-order valence-corrected chi connectivity index (χ1v) is 7.25. The van der Waals surface area contributed by atoms with Crippen molar-refractivity contribution in [3.05, 3.63) is 65.4 Å². The van der Waals surface area contributed by atoms with E-state index in [4.69, 9.17) is 11.6 Å². The molecule has 4 rings (SSSR count). The molecule has 1 N–H and O–H groups in total. The molecule has 6 heteroatoms. The van der Waals surface area contributed by atoms with Gasteiger partial charge in [0, 0.05) is 11.2 Å². The molecule has 0 fully saturated rings. The van der Waals surface area contributed by atoms with Crippen LogP contribution in [0.25, 0.3) is 22.7 Å². The van der Waals surface area contributed by atoms with Gasteiger partial charge in [0.2, 0.25) is 0 Å². The molecule has 3 aromatic heterocycles. The minimum atomic E-state index is 0.579. The monoisotopic (exact) mass is 309 g/mol. The highest BCUT2D eigenvalue weighted by Gasteiger charge is 2.12. The molecule has 0 spiro atoms. The maximum atomic E-state index is 6.21. The van der Waals surface area contributed by atoms with E-state index in [9.17, 15) is 0 Å². The van der Waals surface area contributed by atoms with Gasteiger partial charge in [-0.05, 0) is 23.8 Å². The van der Waals surface area contributed by atoms with Gasteiger partial charge in [-0.1, -0.05) is 35.9 Å². The third-order valence-corrected chi connectivity index (χ3v) is 3.84. The van der Waals surface area contributed by atoms with Crippen molar-refractivity contribution in [1.82, 2.24) is 24.7 Å². The maximum Gasteiger partial charge on any atom is 0.177 e. The molecule has 0 amide bonds. The summed E-state index contributed by atoms with van der Waals surface area (Å²) in [6, 6.07) is 13.5. The molecule has 0 radical (unpaired) electrons. The third kappa shape index (κ3) is 2.25. The highest BCUT2D eigenvalue weighted by atomic mass is 35.5. The molecule has 5 nitrogen and oxygen atoms in total. The smallest absolute Gasteiger partial charge is 0.177 e. The second-order valence-corrected chi connectivity index (χ2v) is 5.34. The van der Waals surface area contributed by atoms with Crippen LogP contribution in [0.3, 0.4) is 0 Å². The van der Waals surface area contributed by atoms with Crippen LogP contribution < -0.4 is 0 Å². The third-order valence-electron chi connectivity index (χ3n) is 3.47. The average molecular weight is 310 g/mol. The molecule has 108 valence electrons. The van der Waals surface area contributed by atoms with Crippen LogP contribution >= 0.6 is 11.6 Å². The summed E-state index contributed by atoms with van der Waals surface area (Å²) in [6.45, 7) is 0.579. The Hall–Kier alpha value is -2.66. The van der Waals surface area contributed by atoms with Gasteiger partial charge in [-0.3, -0.25) is 4.98 Å². The number of hydrogen-bond donors (Lipinski definition) is 1. The normalized spacial score (nSPS) is 11.1. The molecule has 4 aromatic rings. The van der Waals surface area contributed by atoms with Crippen LogP contribution in [0.1, 0.15) is 5.56 Å². The second-order valence-electron chi connectivity index (χ2n) is 4.93. The van der Waals surface area contributed by atoms with E-state index < -0.39 is 0 Å². The number of rotatable bonds is 3. The van der Waals surface area contributed by atoms with Crippen molar-refractivity contribution in [1.29, 1.82) is 0 Å². The number of hydrogen-bond acceptors (Lipinski definition) is 3. The maximum absolute atomic E-state index is 6.21. The number of nitrogens with one attached hydrogen (secondary N) is 1. The molecule has 3 heterocycles. The SMILES string of the molecule is Clc1ccccc1Cn1ncc2[nH]c(-c3ccccn3)nc21. The molecule has 0 atom stereocenters. The van der Waals surface area contributed by atoms with Crippen molar-refractivity contribution >= 4 is 22.8 Å². The molecule has 1 aromatic carbocycles. The molecule has 0 saturated heterocycles. The summed E-state index contributed by atoms with van der Waals surface area (Å²) in [5.74, 6) is 0.737. The van der Waals surface area contributed by atoms with E-state index in [1.165, 1.54) is 0 Å². The van der Waals surface area contributed by atoms with Crippen LogP contribution in [0, 0.1) is 0 Å². The Balaban J connectivity index is 1.74. The fourth-order valence-corrected chi connectivity index (χ4v) is 2.57. The zero-order chi connectivity index (χ0) is 14.9. The standard InChI is InChI=1S/C16H12ClN5/c17-12-6-2-1-5-11(12)10-22-16-14(9-19-22)20-15(21-16)13-7-3-4-8-18-13/h1-9H,10H2,(H,20,21). The lowest BCUT2D eigenvalue weighted by atomic mass is 10.2. The quantitative estimate of drug-likeness (QED) is 0.630. The summed E-state index contributed by atoms with van der Waals surface area (Å²) >= 11 is 6.21. The Labute approximate surface area is 131 Å². The molecule has 0 aliphatic carbocycles. The molecule has 0 unspecified atom stereocenters. The van der Waals surface area contributed by atoms with Crippen molar-refractivity contribution in [2.24, 2.45) is 0 Å². The summed E-state index contributed by atoms with van der Waals surface area (Å²) in [5.41, 5.74) is 3.49. The second kappa shape index (κ2) is 5.27. The highest BCUT2D eigenvalue weighted by molar-refractivity contribution is 6.31. The topological polar surface area (TPSA) is 59.4 Å². The fourth-order valence-electron chi connectivity index (χ4n) is 2.37. The minimum absolute atomic E-state index is 0.579. The number of fused-ring (bicyclic) bond motifs is 1. The Morgan fingerprint density at radius 3 is 2.77 bits per heavy atom. The predicted molar refractivity (Wildman–Crippen MR) is 85.7 cm³/mol. The number of halogens is 1. The van der Waals surface area contributed by atoms with Crippen molar-refractivity contribution in [2.45, 2.75) is 6.54 Å². The number of benzene rings is 1. The summed E-state index contributed by atoms with van der Waals surface area (Å²) in [6.07, 6.45) is 3.52. The highest BCUT2D eigenvalue weighted by Crippen LogP contribution is 2.21. The van der Waals surface area contributed by atoms with E-state index in [-0.39, 0.29) is 0 Å². The first-order valence-electron chi connectivity index (χ1n) is 6.87. The molecular formula is C16H12ClN5. The minimum Gasteiger partial charge on any atom is -0.334 e. The first-order chi connectivity index (χ1) is 10.8. The van der Waals surface area contributed by atoms with E-state index in [1.54, 1.807) is 12.4 Å². The molecular weight excluding hydrogens is 298 g/mol. The van der Waals surface area contributed by atoms with E-state index in [0.717, 1.165) is 33.3 Å². The molecule has 0 aliphatic heterocycles. The number of aromatic amines is 1. The Kier molecular flexibility index (Phi) is 3.12. The lowest BCUT2D eigenvalue weighted by Crippen LogP contribution is -2.02. The van der Waals surface area contributed by atoms with Crippen molar-refractivity contribution in [2.75, 3.05) is 0 Å². The Bertz CT molecular complexity index is 926. The van der Waals surface area contributed by atoms with Crippen LogP contribution in [-0.2, 0) is 6.54 Å². The van der Waals surface area contributed by atoms with E-state index in [0.29, 0.717) is 6.54 Å². The zero-order valence-corrected chi connectivity index (χ0v) is 12.3. The van der Waals surface area contributed by atoms with Gasteiger partial charge in [0.25, 0.3) is 0 Å². The van der Waals surface area contributed by atoms with Gasteiger partial charge in [-0.15, -0.1) is 0 Å². The van der Waals surface area contributed by atoms with Gasteiger partial charge in [-0.25, -0.2) is 9.67 Å². The summed E-state index contributed by atoms with van der Waals surface area (Å²) in [5, 5.41) is 5.10. The van der Waals surface area contributed by atoms with Gasteiger partial charge in [-0.2, -0.15) is 5.10 Å². The van der Waals surface area contributed by atoms with Gasteiger partial charge >= 0.3 is 0 Å². The van der Waals surface area contributed by atoms with E-state index in [2.05, 4.69) is 20.1 Å². The van der Waals surface area contributed by atoms with Crippen LogP contribution in [0.2, 0.25) is 5.02 Å². The van der Waals surface area contributed by atoms with Gasteiger partial charge in [0.15, 0.2) is 11.5 Å². The molecule has 0 bridgehead atoms. The first kappa shape index (κ1) is 13.0. The van der Waals surface area contributed by atoms with Gasteiger partial charge in [0.1, 0.15) is 11.2 Å². The average Bonchev–Trinajstić information content (AvgIpc) is 3.12. The predicted octanol–water partition coefficient (Wildman–Crippen LogP) is 3.52. The zero-order valence-electron chi connectivity index (χ0n) is 11.6. The summed E-state index contributed by atoms with van der Waals surface area (Å²) < 4.78 is 1.83. The molecule has 0 aliphatic rings. The Morgan fingerprint density at radius 1 is 1.09 bits per heavy atom. The Morgan fingerprint density at radius 2 is 1.95 bits per heavy atom. The van der Waals surface area contributed by atoms with E-state index in [1.807, 2.05) is 47.1 Å². The fraction of sp³-hybridized carbons (Fsp3) is 0.0625.